The molecule has 1 unspecified atom stereocenters. The highest BCUT2D eigenvalue weighted by molar-refractivity contribution is 5.17. The number of aryl methyl sites for hydroxylation is 1. The Hall–Kier alpha value is -1.55. The van der Waals surface area contributed by atoms with Crippen molar-refractivity contribution in [1.29, 1.82) is 0 Å². The fourth-order valence-electron chi connectivity index (χ4n) is 1.80. The lowest BCUT2D eigenvalue weighted by Gasteiger charge is -2.14. The lowest BCUT2D eigenvalue weighted by Crippen LogP contribution is -2.22. The van der Waals surface area contributed by atoms with E-state index in [1.54, 1.807) is 6.20 Å². The number of aromatic nitrogens is 2. The van der Waals surface area contributed by atoms with Gasteiger partial charge in [-0.1, -0.05) is 6.92 Å². The van der Waals surface area contributed by atoms with Crippen molar-refractivity contribution in [2.45, 2.75) is 26.3 Å². The molecule has 0 spiro atoms. The summed E-state index contributed by atoms with van der Waals surface area (Å²) in [6.07, 6.45) is 6.28. The molecule has 0 bridgehead atoms. The molecule has 16 heavy (non-hydrogen) atoms. The van der Waals surface area contributed by atoms with E-state index < -0.39 is 0 Å². The number of nitrogens with one attached hydrogen (secondary N) is 2. The smallest absolute Gasteiger partial charge is 0.107 e. The molecule has 0 saturated heterocycles. The van der Waals surface area contributed by atoms with E-state index in [4.69, 9.17) is 4.42 Å². The molecule has 2 heterocycles. The van der Waals surface area contributed by atoms with Crippen molar-refractivity contribution >= 4 is 0 Å². The van der Waals surface area contributed by atoms with E-state index in [-0.39, 0.29) is 6.04 Å². The quantitative estimate of drug-likeness (QED) is 0.810. The van der Waals surface area contributed by atoms with Crippen LogP contribution < -0.4 is 5.32 Å². The fourth-order valence-corrected chi connectivity index (χ4v) is 1.80. The number of hydrogen-bond donors (Lipinski definition) is 2. The largest absolute Gasteiger partial charge is 0.469 e. The van der Waals surface area contributed by atoms with E-state index in [9.17, 15) is 0 Å². The average molecular weight is 219 g/mol. The minimum atomic E-state index is 0.258. The van der Waals surface area contributed by atoms with Gasteiger partial charge in [-0.2, -0.15) is 0 Å². The maximum atomic E-state index is 5.34. The van der Waals surface area contributed by atoms with Gasteiger partial charge in [-0.05, 0) is 19.5 Å². The third-order valence-electron chi connectivity index (χ3n) is 2.56. The zero-order chi connectivity index (χ0) is 11.4. The molecule has 2 N–H and O–H groups in total. The van der Waals surface area contributed by atoms with Crippen LogP contribution in [0.4, 0.5) is 0 Å². The molecule has 0 aromatic carbocycles. The van der Waals surface area contributed by atoms with Crippen LogP contribution in [0.3, 0.4) is 0 Å². The summed E-state index contributed by atoms with van der Waals surface area (Å²) in [6, 6.07) is 2.32. The molecular formula is C12H17N3O. The Balaban J connectivity index is 2.11. The van der Waals surface area contributed by atoms with Gasteiger partial charge in [0.1, 0.15) is 11.6 Å². The van der Waals surface area contributed by atoms with Gasteiger partial charge in [0.05, 0.1) is 6.26 Å². The Morgan fingerprint density at radius 3 is 3.00 bits per heavy atom. The van der Waals surface area contributed by atoms with E-state index in [0.29, 0.717) is 0 Å². The minimum Gasteiger partial charge on any atom is -0.469 e. The maximum absolute atomic E-state index is 5.34. The average Bonchev–Trinajstić information content (AvgIpc) is 2.88. The molecule has 0 aliphatic rings. The maximum Gasteiger partial charge on any atom is 0.107 e. The van der Waals surface area contributed by atoms with Crippen LogP contribution in [0.5, 0.6) is 0 Å². The van der Waals surface area contributed by atoms with Gasteiger partial charge in [0.25, 0.3) is 0 Å². The van der Waals surface area contributed by atoms with Crippen LogP contribution in [-0.4, -0.2) is 16.5 Å². The number of furan rings is 1. The third-order valence-corrected chi connectivity index (χ3v) is 2.56. The molecule has 0 aliphatic carbocycles. The molecule has 1 atom stereocenters. The van der Waals surface area contributed by atoms with Crippen LogP contribution in [0.1, 0.15) is 30.1 Å². The van der Waals surface area contributed by atoms with Gasteiger partial charge in [0.2, 0.25) is 0 Å². The van der Waals surface area contributed by atoms with Gasteiger partial charge in [0, 0.05) is 30.4 Å². The van der Waals surface area contributed by atoms with E-state index >= 15 is 0 Å². The first-order valence-corrected chi connectivity index (χ1v) is 5.56. The number of rotatable bonds is 5. The molecule has 2 rings (SSSR count). The number of likely N-dealkylation sites (N-methyl/N-ethyl adjacent to an activating group) is 1. The Morgan fingerprint density at radius 2 is 2.44 bits per heavy atom. The summed E-state index contributed by atoms with van der Waals surface area (Å²) in [5.41, 5.74) is 1.18. The van der Waals surface area contributed by atoms with Gasteiger partial charge in [-0.3, -0.25) is 0 Å². The molecular weight excluding hydrogens is 202 g/mol. The van der Waals surface area contributed by atoms with Crippen LogP contribution in [0.25, 0.3) is 0 Å². The van der Waals surface area contributed by atoms with Crippen LogP contribution in [0, 0.1) is 6.92 Å². The molecule has 2 aromatic rings. The highest BCUT2D eigenvalue weighted by atomic mass is 16.3. The molecule has 0 fully saturated rings. The summed E-state index contributed by atoms with van der Waals surface area (Å²) >= 11 is 0. The number of hydrogen-bond acceptors (Lipinski definition) is 3. The summed E-state index contributed by atoms with van der Waals surface area (Å²) in [6.45, 7) is 4.98. The van der Waals surface area contributed by atoms with E-state index in [0.717, 1.165) is 24.6 Å². The predicted molar refractivity (Wildman–Crippen MR) is 62.2 cm³/mol. The van der Waals surface area contributed by atoms with Crippen LogP contribution >= 0.6 is 0 Å². The van der Waals surface area contributed by atoms with Gasteiger partial charge in [0.15, 0.2) is 0 Å². The van der Waals surface area contributed by atoms with Crippen LogP contribution in [0.2, 0.25) is 0 Å². The molecule has 4 heteroatoms. The van der Waals surface area contributed by atoms with Gasteiger partial charge < -0.3 is 14.7 Å². The second-order valence-electron chi connectivity index (χ2n) is 3.84. The van der Waals surface area contributed by atoms with Crippen molar-refractivity contribution in [1.82, 2.24) is 15.3 Å². The highest BCUT2D eigenvalue weighted by Gasteiger charge is 2.14. The Bertz CT molecular complexity index is 419. The fraction of sp³-hybridized carbons (Fsp3) is 0.417. The SMILES string of the molecule is CCNC(Cc1ncc[nH]1)c1coc(C)c1. The third kappa shape index (κ3) is 2.52. The van der Waals surface area contributed by atoms with Crippen molar-refractivity contribution in [2.75, 3.05) is 6.54 Å². The summed E-state index contributed by atoms with van der Waals surface area (Å²) < 4.78 is 5.34. The Kier molecular flexibility index (Phi) is 3.41. The first kappa shape index (κ1) is 11.0. The first-order chi connectivity index (χ1) is 7.79. The van der Waals surface area contributed by atoms with Crippen molar-refractivity contribution < 1.29 is 4.42 Å². The lowest BCUT2D eigenvalue weighted by molar-refractivity contribution is 0.507. The van der Waals surface area contributed by atoms with Crippen LogP contribution in [-0.2, 0) is 6.42 Å². The second-order valence-corrected chi connectivity index (χ2v) is 3.84. The molecule has 86 valence electrons. The molecule has 0 radical (unpaired) electrons. The summed E-state index contributed by atoms with van der Waals surface area (Å²) in [5.74, 6) is 1.93. The van der Waals surface area contributed by atoms with Crippen molar-refractivity contribution in [3.8, 4) is 0 Å². The molecule has 4 nitrogen and oxygen atoms in total. The van der Waals surface area contributed by atoms with Gasteiger partial charge >= 0.3 is 0 Å². The minimum absolute atomic E-state index is 0.258. The molecule has 2 aromatic heterocycles. The number of imidazole rings is 1. The topological polar surface area (TPSA) is 53.9 Å². The molecule has 0 amide bonds. The Labute approximate surface area is 95.1 Å². The first-order valence-electron chi connectivity index (χ1n) is 5.56. The molecule has 0 aliphatic heterocycles. The van der Waals surface area contributed by atoms with Crippen molar-refractivity contribution in [3.05, 3.63) is 41.9 Å². The lowest BCUT2D eigenvalue weighted by atomic mass is 10.1. The van der Waals surface area contributed by atoms with E-state index in [1.807, 2.05) is 19.4 Å². The van der Waals surface area contributed by atoms with Crippen molar-refractivity contribution in [2.24, 2.45) is 0 Å². The van der Waals surface area contributed by atoms with E-state index in [2.05, 4.69) is 28.3 Å². The number of nitrogens with zero attached hydrogens (tertiary/aromatic N) is 1. The van der Waals surface area contributed by atoms with Crippen LogP contribution in [0.15, 0.2) is 29.1 Å². The number of aromatic amines is 1. The zero-order valence-corrected chi connectivity index (χ0v) is 9.66. The standard InChI is InChI=1S/C12H17N3O/c1-3-13-11(7-12-14-4-5-15-12)10-6-9(2)16-8-10/h4-6,8,11,13H,3,7H2,1-2H3,(H,14,15). The predicted octanol–water partition coefficient (Wildman–Crippen LogP) is 2.20. The van der Waals surface area contributed by atoms with Gasteiger partial charge in [-0.15, -0.1) is 0 Å². The second kappa shape index (κ2) is 4.99. The van der Waals surface area contributed by atoms with E-state index in [1.165, 1.54) is 5.56 Å². The zero-order valence-electron chi connectivity index (χ0n) is 9.66. The highest BCUT2D eigenvalue weighted by Crippen LogP contribution is 2.19. The van der Waals surface area contributed by atoms with Gasteiger partial charge in [-0.25, -0.2) is 4.98 Å². The summed E-state index contributed by atoms with van der Waals surface area (Å²) in [4.78, 5) is 7.37. The summed E-state index contributed by atoms with van der Waals surface area (Å²) in [5, 5.41) is 3.43. The summed E-state index contributed by atoms with van der Waals surface area (Å²) in [7, 11) is 0. The molecule has 0 saturated carbocycles. The number of H-pyrrole nitrogens is 1. The van der Waals surface area contributed by atoms with Crippen molar-refractivity contribution in [3.63, 3.8) is 0 Å². The Morgan fingerprint density at radius 1 is 1.56 bits per heavy atom. The monoisotopic (exact) mass is 219 g/mol. The normalized spacial score (nSPS) is 12.9.